The number of amides is 1. The van der Waals surface area contributed by atoms with Gasteiger partial charge < -0.3 is 11.5 Å². The van der Waals surface area contributed by atoms with E-state index in [1.54, 1.807) is 42.7 Å². The van der Waals surface area contributed by atoms with Crippen LogP contribution in [0.4, 0.5) is 11.6 Å². The molecule has 1 amide bonds. The zero-order valence-corrected chi connectivity index (χ0v) is 9.95. The standard InChI is InChI=1S/C12H12N6O/c13-11(14)17-9-4-2-8(3-5-9)10(19)18-12-15-6-1-7-16-12/h1-7H,(H4,13,14,17)(H,15,16,18,19). The summed E-state index contributed by atoms with van der Waals surface area (Å²) in [6.07, 6.45) is 3.09. The van der Waals surface area contributed by atoms with E-state index in [0.29, 0.717) is 11.3 Å². The van der Waals surface area contributed by atoms with Gasteiger partial charge in [0.1, 0.15) is 0 Å². The highest BCUT2D eigenvalue weighted by molar-refractivity contribution is 6.03. The van der Waals surface area contributed by atoms with E-state index >= 15 is 0 Å². The van der Waals surface area contributed by atoms with Crippen LogP contribution in [-0.2, 0) is 0 Å². The molecule has 2 aromatic rings. The van der Waals surface area contributed by atoms with Crippen molar-refractivity contribution in [3.63, 3.8) is 0 Å². The Balaban J connectivity index is 2.10. The molecule has 19 heavy (non-hydrogen) atoms. The van der Waals surface area contributed by atoms with Crippen molar-refractivity contribution in [2.45, 2.75) is 0 Å². The van der Waals surface area contributed by atoms with Gasteiger partial charge in [-0.3, -0.25) is 10.1 Å². The van der Waals surface area contributed by atoms with Crippen molar-refractivity contribution in [3.05, 3.63) is 48.3 Å². The molecule has 0 aliphatic heterocycles. The summed E-state index contributed by atoms with van der Waals surface area (Å²) in [5.74, 6) is -0.0851. The number of guanidine groups is 1. The van der Waals surface area contributed by atoms with Crippen LogP contribution < -0.4 is 16.8 Å². The molecule has 0 aliphatic carbocycles. The Hall–Kier alpha value is -2.96. The van der Waals surface area contributed by atoms with Gasteiger partial charge in [0.15, 0.2) is 5.96 Å². The summed E-state index contributed by atoms with van der Waals surface area (Å²) >= 11 is 0. The summed E-state index contributed by atoms with van der Waals surface area (Å²) < 4.78 is 0. The lowest BCUT2D eigenvalue weighted by molar-refractivity contribution is 0.102. The van der Waals surface area contributed by atoms with E-state index < -0.39 is 0 Å². The molecule has 0 saturated carbocycles. The molecule has 1 aromatic carbocycles. The highest BCUT2D eigenvalue weighted by atomic mass is 16.1. The maximum absolute atomic E-state index is 11.9. The van der Waals surface area contributed by atoms with Crippen LogP contribution in [0.15, 0.2) is 47.7 Å². The molecular formula is C12H12N6O. The van der Waals surface area contributed by atoms with Crippen molar-refractivity contribution >= 4 is 23.5 Å². The van der Waals surface area contributed by atoms with Crippen molar-refractivity contribution in [2.24, 2.45) is 16.5 Å². The minimum atomic E-state index is -0.303. The first kappa shape index (κ1) is 12.5. The largest absolute Gasteiger partial charge is 0.370 e. The van der Waals surface area contributed by atoms with Crippen LogP contribution in [0.5, 0.6) is 0 Å². The number of benzene rings is 1. The van der Waals surface area contributed by atoms with E-state index in [0.717, 1.165) is 0 Å². The predicted octanol–water partition coefficient (Wildman–Crippen LogP) is 0.634. The quantitative estimate of drug-likeness (QED) is 0.549. The van der Waals surface area contributed by atoms with Gasteiger partial charge in [-0.2, -0.15) is 0 Å². The van der Waals surface area contributed by atoms with Gasteiger partial charge >= 0.3 is 0 Å². The summed E-state index contributed by atoms with van der Waals surface area (Å²) in [4.78, 5) is 23.5. The van der Waals surface area contributed by atoms with Crippen LogP contribution in [0.3, 0.4) is 0 Å². The van der Waals surface area contributed by atoms with Gasteiger partial charge in [-0.05, 0) is 30.3 Å². The van der Waals surface area contributed by atoms with Crippen LogP contribution in [0.25, 0.3) is 0 Å². The number of aromatic nitrogens is 2. The van der Waals surface area contributed by atoms with E-state index in [9.17, 15) is 4.79 Å². The summed E-state index contributed by atoms with van der Waals surface area (Å²) in [6.45, 7) is 0. The van der Waals surface area contributed by atoms with Crippen molar-refractivity contribution in [3.8, 4) is 0 Å². The average molecular weight is 256 g/mol. The zero-order chi connectivity index (χ0) is 13.7. The van der Waals surface area contributed by atoms with E-state index in [1.165, 1.54) is 0 Å². The smallest absolute Gasteiger partial charge is 0.258 e. The van der Waals surface area contributed by atoms with Crippen LogP contribution in [0.1, 0.15) is 10.4 Å². The Bertz CT molecular complexity index is 589. The Morgan fingerprint density at radius 3 is 2.32 bits per heavy atom. The fraction of sp³-hybridized carbons (Fsp3) is 0. The lowest BCUT2D eigenvalue weighted by Crippen LogP contribution is -2.21. The minimum Gasteiger partial charge on any atom is -0.370 e. The lowest BCUT2D eigenvalue weighted by atomic mass is 10.2. The molecule has 0 radical (unpaired) electrons. The molecular weight excluding hydrogens is 244 g/mol. The first-order chi connectivity index (χ1) is 9.15. The highest BCUT2D eigenvalue weighted by Gasteiger charge is 2.06. The first-order valence-electron chi connectivity index (χ1n) is 5.43. The number of aliphatic imine (C=N–C) groups is 1. The number of carbonyl (C=O) groups is 1. The SMILES string of the molecule is NC(N)=Nc1ccc(C(=O)Nc2ncccn2)cc1. The van der Waals surface area contributed by atoms with Crippen molar-refractivity contribution < 1.29 is 4.79 Å². The molecule has 0 spiro atoms. The number of nitrogens with two attached hydrogens (primary N) is 2. The van der Waals surface area contributed by atoms with E-state index in [-0.39, 0.29) is 17.8 Å². The summed E-state index contributed by atoms with van der Waals surface area (Å²) in [7, 11) is 0. The van der Waals surface area contributed by atoms with E-state index in [1.807, 2.05) is 0 Å². The average Bonchev–Trinajstić information content (AvgIpc) is 2.40. The van der Waals surface area contributed by atoms with Crippen LogP contribution in [0, 0.1) is 0 Å². The fourth-order valence-corrected chi connectivity index (χ4v) is 1.37. The second-order valence-corrected chi connectivity index (χ2v) is 3.61. The molecule has 7 heteroatoms. The van der Waals surface area contributed by atoms with E-state index in [2.05, 4.69) is 20.3 Å². The molecule has 7 nitrogen and oxygen atoms in total. The third-order valence-electron chi connectivity index (χ3n) is 2.18. The molecule has 0 fully saturated rings. The summed E-state index contributed by atoms with van der Waals surface area (Å²) in [5, 5.41) is 2.57. The molecule has 1 heterocycles. The summed E-state index contributed by atoms with van der Waals surface area (Å²) in [6, 6.07) is 8.17. The number of hydrogen-bond acceptors (Lipinski definition) is 4. The number of rotatable bonds is 3. The van der Waals surface area contributed by atoms with Crippen molar-refractivity contribution in [1.82, 2.24) is 9.97 Å². The van der Waals surface area contributed by atoms with Gasteiger partial charge in [-0.15, -0.1) is 0 Å². The molecule has 1 aromatic heterocycles. The lowest BCUT2D eigenvalue weighted by Gasteiger charge is -2.03. The van der Waals surface area contributed by atoms with Gasteiger partial charge in [0.2, 0.25) is 5.95 Å². The van der Waals surface area contributed by atoms with Crippen molar-refractivity contribution in [2.75, 3.05) is 5.32 Å². The third kappa shape index (κ3) is 3.50. The second-order valence-electron chi connectivity index (χ2n) is 3.61. The van der Waals surface area contributed by atoms with Gasteiger partial charge in [-0.1, -0.05) is 0 Å². The fourth-order valence-electron chi connectivity index (χ4n) is 1.37. The second kappa shape index (κ2) is 5.58. The molecule has 96 valence electrons. The van der Waals surface area contributed by atoms with Crippen LogP contribution in [-0.4, -0.2) is 21.8 Å². The van der Waals surface area contributed by atoms with Crippen molar-refractivity contribution in [1.29, 1.82) is 0 Å². The maximum Gasteiger partial charge on any atom is 0.258 e. The number of anilines is 1. The normalized spacial score (nSPS) is 9.68. The third-order valence-corrected chi connectivity index (χ3v) is 2.18. The minimum absolute atomic E-state index is 0.0325. The topological polar surface area (TPSA) is 119 Å². The monoisotopic (exact) mass is 256 g/mol. The van der Waals surface area contributed by atoms with Crippen LogP contribution >= 0.6 is 0 Å². The Morgan fingerprint density at radius 1 is 1.11 bits per heavy atom. The zero-order valence-electron chi connectivity index (χ0n) is 9.95. The van der Waals surface area contributed by atoms with Gasteiger partial charge in [-0.25, -0.2) is 15.0 Å². The van der Waals surface area contributed by atoms with Gasteiger partial charge in [0.05, 0.1) is 5.69 Å². The van der Waals surface area contributed by atoms with Crippen LogP contribution in [0.2, 0.25) is 0 Å². The Morgan fingerprint density at radius 2 is 1.74 bits per heavy atom. The molecule has 0 bridgehead atoms. The maximum atomic E-state index is 11.9. The molecule has 0 aliphatic rings. The Labute approximate surface area is 109 Å². The molecule has 2 rings (SSSR count). The van der Waals surface area contributed by atoms with Gasteiger partial charge in [0.25, 0.3) is 5.91 Å². The Kier molecular flexibility index (Phi) is 3.67. The van der Waals surface area contributed by atoms with Gasteiger partial charge in [0, 0.05) is 18.0 Å². The molecule has 0 atom stereocenters. The molecule has 0 unspecified atom stereocenters. The molecule has 5 N–H and O–H groups in total. The summed E-state index contributed by atoms with van der Waals surface area (Å²) in [5.41, 5.74) is 11.5. The van der Waals surface area contributed by atoms with E-state index in [4.69, 9.17) is 11.5 Å². The first-order valence-corrected chi connectivity index (χ1v) is 5.43. The number of nitrogens with one attached hydrogen (secondary N) is 1. The highest BCUT2D eigenvalue weighted by Crippen LogP contribution is 2.13. The molecule has 0 saturated heterocycles. The number of hydrogen-bond donors (Lipinski definition) is 3. The number of nitrogens with zero attached hydrogens (tertiary/aromatic N) is 3. The predicted molar refractivity (Wildman–Crippen MR) is 71.9 cm³/mol. The number of carbonyl (C=O) groups excluding carboxylic acids is 1.